The Morgan fingerprint density at radius 1 is 1.38 bits per heavy atom. The first kappa shape index (κ1) is 11.3. The lowest BCUT2D eigenvalue weighted by Gasteiger charge is -2.11. The molecular weight excluding hydrogens is 198 g/mol. The molecule has 1 N–H and O–H groups in total. The number of nitrogens with one attached hydrogen (secondary N) is 1. The Morgan fingerprint density at radius 2 is 2.12 bits per heavy atom. The van der Waals surface area contributed by atoms with Crippen molar-refractivity contribution in [2.24, 2.45) is 0 Å². The second-order valence-electron chi connectivity index (χ2n) is 4.48. The molecule has 2 nitrogen and oxygen atoms in total. The topological polar surface area (TPSA) is 29.1 Å². The number of rotatable bonds is 4. The predicted octanol–water partition coefficient (Wildman–Crippen LogP) is 2.36. The van der Waals surface area contributed by atoms with Crippen molar-refractivity contribution in [3.05, 3.63) is 34.9 Å². The molecular formula is C14H19NO. The van der Waals surface area contributed by atoms with Gasteiger partial charge in [0.15, 0.2) is 5.78 Å². The average Bonchev–Trinajstić information content (AvgIpc) is 2.75. The molecule has 2 heteroatoms. The Balaban J connectivity index is 2.18. The van der Waals surface area contributed by atoms with Gasteiger partial charge in [0.05, 0.1) is 6.04 Å². The number of ketones is 1. The fourth-order valence-corrected chi connectivity index (χ4v) is 2.37. The molecule has 0 heterocycles. The van der Waals surface area contributed by atoms with Crippen molar-refractivity contribution < 1.29 is 4.79 Å². The largest absolute Gasteiger partial charge is 0.308 e. The summed E-state index contributed by atoms with van der Waals surface area (Å²) in [7, 11) is 0. The Morgan fingerprint density at radius 3 is 2.88 bits per heavy atom. The maximum Gasteiger partial charge on any atom is 0.179 e. The molecule has 0 aromatic heterocycles. The summed E-state index contributed by atoms with van der Waals surface area (Å²) in [5, 5.41) is 3.16. The van der Waals surface area contributed by atoms with E-state index >= 15 is 0 Å². The molecule has 1 aliphatic rings. The van der Waals surface area contributed by atoms with Gasteiger partial charge in [-0.1, -0.05) is 19.1 Å². The van der Waals surface area contributed by atoms with Crippen LogP contribution in [0.3, 0.4) is 0 Å². The van der Waals surface area contributed by atoms with Gasteiger partial charge in [0.2, 0.25) is 0 Å². The minimum absolute atomic E-state index is 0.0792. The van der Waals surface area contributed by atoms with Gasteiger partial charge < -0.3 is 5.32 Å². The summed E-state index contributed by atoms with van der Waals surface area (Å²) in [5.41, 5.74) is 3.65. The maximum atomic E-state index is 12.1. The van der Waals surface area contributed by atoms with Gasteiger partial charge in [-0.3, -0.25) is 4.79 Å². The van der Waals surface area contributed by atoms with Crippen LogP contribution in [0.15, 0.2) is 18.2 Å². The van der Waals surface area contributed by atoms with E-state index in [0.717, 1.165) is 18.5 Å². The van der Waals surface area contributed by atoms with Crippen LogP contribution in [-0.4, -0.2) is 18.4 Å². The van der Waals surface area contributed by atoms with Crippen molar-refractivity contribution in [1.82, 2.24) is 5.32 Å². The van der Waals surface area contributed by atoms with E-state index in [4.69, 9.17) is 0 Å². The number of aryl methyl sites for hydroxylation is 2. The molecule has 86 valence electrons. The molecule has 0 amide bonds. The van der Waals surface area contributed by atoms with Crippen LogP contribution in [0.2, 0.25) is 0 Å². The summed E-state index contributed by atoms with van der Waals surface area (Å²) in [4.78, 5) is 12.1. The molecule has 1 aromatic carbocycles. The van der Waals surface area contributed by atoms with Gasteiger partial charge >= 0.3 is 0 Å². The van der Waals surface area contributed by atoms with Crippen molar-refractivity contribution in [3.63, 3.8) is 0 Å². The first-order valence-corrected chi connectivity index (χ1v) is 6.11. The van der Waals surface area contributed by atoms with Crippen LogP contribution in [0.1, 0.15) is 41.8 Å². The van der Waals surface area contributed by atoms with Crippen molar-refractivity contribution in [2.75, 3.05) is 6.54 Å². The molecule has 0 spiro atoms. The lowest BCUT2D eigenvalue weighted by atomic mass is 10.0. The van der Waals surface area contributed by atoms with Gasteiger partial charge in [-0.2, -0.15) is 0 Å². The van der Waals surface area contributed by atoms with Crippen LogP contribution in [0.5, 0.6) is 0 Å². The van der Waals surface area contributed by atoms with Crippen molar-refractivity contribution in [2.45, 2.75) is 39.2 Å². The molecule has 0 saturated heterocycles. The first-order chi connectivity index (χ1) is 7.72. The number of likely N-dealkylation sites (N-methyl/N-ethyl adjacent to an activating group) is 1. The number of carbonyl (C=O) groups is 1. The van der Waals surface area contributed by atoms with E-state index in [-0.39, 0.29) is 11.8 Å². The summed E-state index contributed by atoms with van der Waals surface area (Å²) < 4.78 is 0. The molecule has 0 bridgehead atoms. The minimum atomic E-state index is -0.0792. The molecule has 2 rings (SSSR count). The molecule has 0 fully saturated rings. The third-order valence-corrected chi connectivity index (χ3v) is 3.29. The second kappa shape index (κ2) is 4.79. The van der Waals surface area contributed by atoms with E-state index in [9.17, 15) is 4.79 Å². The number of carbonyl (C=O) groups excluding carboxylic acids is 1. The summed E-state index contributed by atoms with van der Waals surface area (Å²) in [6.45, 7) is 4.78. The smallest absolute Gasteiger partial charge is 0.179 e. The molecule has 16 heavy (non-hydrogen) atoms. The number of Topliss-reactive ketones (excluding diaryl/α,β-unsaturated/α-hetero) is 1. The van der Waals surface area contributed by atoms with E-state index in [1.54, 1.807) is 0 Å². The lowest BCUT2D eigenvalue weighted by molar-refractivity contribution is 0.0952. The Hall–Kier alpha value is -1.15. The Kier molecular flexibility index (Phi) is 3.39. The fraction of sp³-hybridized carbons (Fsp3) is 0.500. The standard InChI is InChI=1S/C14H19NO/c1-3-15-10(2)14(16)13-8-7-11-5-4-6-12(11)9-13/h7-10,15H,3-6H2,1-2H3. The van der Waals surface area contributed by atoms with Crippen LogP contribution in [-0.2, 0) is 12.8 Å². The molecule has 1 aromatic rings. The van der Waals surface area contributed by atoms with Gasteiger partial charge in [-0.25, -0.2) is 0 Å². The van der Waals surface area contributed by atoms with E-state index < -0.39 is 0 Å². The molecule has 0 saturated carbocycles. The summed E-state index contributed by atoms with van der Waals surface area (Å²) >= 11 is 0. The number of hydrogen-bond donors (Lipinski definition) is 1. The number of hydrogen-bond acceptors (Lipinski definition) is 2. The second-order valence-corrected chi connectivity index (χ2v) is 4.48. The normalized spacial score (nSPS) is 15.9. The summed E-state index contributed by atoms with van der Waals surface area (Å²) in [6, 6.07) is 6.09. The summed E-state index contributed by atoms with van der Waals surface area (Å²) in [5.74, 6) is 0.205. The van der Waals surface area contributed by atoms with E-state index in [1.165, 1.54) is 24.0 Å². The average molecular weight is 217 g/mol. The van der Waals surface area contributed by atoms with Crippen LogP contribution < -0.4 is 5.32 Å². The highest BCUT2D eigenvalue weighted by molar-refractivity contribution is 6.00. The van der Waals surface area contributed by atoms with Crippen molar-refractivity contribution in [1.29, 1.82) is 0 Å². The van der Waals surface area contributed by atoms with Crippen LogP contribution in [0.4, 0.5) is 0 Å². The quantitative estimate of drug-likeness (QED) is 0.784. The van der Waals surface area contributed by atoms with Gasteiger partial charge in [0.1, 0.15) is 0 Å². The van der Waals surface area contributed by atoms with Crippen molar-refractivity contribution >= 4 is 5.78 Å². The highest BCUT2D eigenvalue weighted by atomic mass is 16.1. The van der Waals surface area contributed by atoms with Gasteiger partial charge in [0.25, 0.3) is 0 Å². The lowest BCUT2D eigenvalue weighted by Crippen LogP contribution is -2.33. The molecule has 1 aliphatic carbocycles. The van der Waals surface area contributed by atoms with Gasteiger partial charge in [-0.15, -0.1) is 0 Å². The SMILES string of the molecule is CCNC(C)C(=O)c1ccc2c(c1)CCC2. The Bertz CT molecular complexity index is 398. The highest BCUT2D eigenvalue weighted by Crippen LogP contribution is 2.23. The van der Waals surface area contributed by atoms with E-state index in [0.29, 0.717) is 0 Å². The molecule has 1 unspecified atom stereocenters. The zero-order valence-corrected chi connectivity index (χ0v) is 10.0. The van der Waals surface area contributed by atoms with Gasteiger partial charge in [0, 0.05) is 5.56 Å². The third kappa shape index (κ3) is 2.17. The zero-order chi connectivity index (χ0) is 11.5. The summed E-state index contributed by atoms with van der Waals surface area (Å²) in [6.07, 6.45) is 3.54. The molecule has 0 aliphatic heterocycles. The number of fused-ring (bicyclic) bond motifs is 1. The molecule has 1 atom stereocenters. The zero-order valence-electron chi connectivity index (χ0n) is 10.0. The first-order valence-electron chi connectivity index (χ1n) is 6.11. The predicted molar refractivity (Wildman–Crippen MR) is 65.9 cm³/mol. The monoisotopic (exact) mass is 217 g/mol. The maximum absolute atomic E-state index is 12.1. The van der Waals surface area contributed by atoms with Crippen LogP contribution >= 0.6 is 0 Å². The van der Waals surface area contributed by atoms with Crippen LogP contribution in [0.25, 0.3) is 0 Å². The van der Waals surface area contributed by atoms with Crippen molar-refractivity contribution in [3.8, 4) is 0 Å². The number of benzene rings is 1. The molecule has 0 radical (unpaired) electrons. The third-order valence-electron chi connectivity index (χ3n) is 3.29. The minimum Gasteiger partial charge on any atom is -0.308 e. The van der Waals surface area contributed by atoms with E-state index in [2.05, 4.69) is 17.4 Å². The van der Waals surface area contributed by atoms with E-state index in [1.807, 2.05) is 19.9 Å². The Labute approximate surface area is 97.1 Å². The fourth-order valence-electron chi connectivity index (χ4n) is 2.37. The van der Waals surface area contributed by atoms with Crippen LogP contribution in [0, 0.1) is 0 Å². The van der Waals surface area contributed by atoms with Gasteiger partial charge in [-0.05, 0) is 49.9 Å². The highest BCUT2D eigenvalue weighted by Gasteiger charge is 2.17.